The first-order chi connectivity index (χ1) is 12.3. The second-order valence-corrected chi connectivity index (χ2v) is 8.10. The topological polar surface area (TPSA) is 111 Å². The van der Waals surface area contributed by atoms with E-state index in [4.69, 9.17) is 16.3 Å². The van der Waals surface area contributed by atoms with Crippen molar-refractivity contribution in [1.82, 2.24) is 9.78 Å². The Morgan fingerprint density at radius 2 is 1.92 bits per heavy atom. The molecule has 2 N–H and O–H groups in total. The van der Waals surface area contributed by atoms with Gasteiger partial charge in [0.2, 0.25) is 0 Å². The highest BCUT2D eigenvalue weighted by Crippen LogP contribution is 2.35. The molecule has 140 valence electrons. The predicted octanol–water partition coefficient (Wildman–Crippen LogP) is 2.47. The second kappa shape index (κ2) is 7.26. The first-order valence-electron chi connectivity index (χ1n) is 7.96. The summed E-state index contributed by atoms with van der Waals surface area (Å²) < 4.78 is 34.6. The normalized spacial score (nSPS) is 15.8. The van der Waals surface area contributed by atoms with Gasteiger partial charge in [-0.2, -0.15) is 5.10 Å². The third kappa shape index (κ3) is 3.69. The smallest absolute Gasteiger partial charge is 0.358 e. The van der Waals surface area contributed by atoms with Crippen molar-refractivity contribution < 1.29 is 23.1 Å². The zero-order valence-electron chi connectivity index (χ0n) is 14.0. The zero-order chi connectivity index (χ0) is 18.9. The highest BCUT2D eigenvalue weighted by Gasteiger charge is 2.31. The standard InChI is InChI=1S/C16H18ClN3O5S/c1-20-15(10-6-8-25-9-7-10)13(14(18-20)16(21)22)19-26(23,24)12-4-2-11(17)3-5-12/h2-5,10,19H,6-9H2,1H3,(H,21,22). The molecule has 1 saturated heterocycles. The number of rotatable bonds is 5. The highest BCUT2D eigenvalue weighted by molar-refractivity contribution is 7.92. The van der Waals surface area contributed by atoms with E-state index in [0.29, 0.717) is 36.8 Å². The number of carboxylic acid groups (broad SMARTS) is 1. The average Bonchev–Trinajstić information content (AvgIpc) is 2.92. The lowest BCUT2D eigenvalue weighted by molar-refractivity contribution is 0.0690. The van der Waals surface area contributed by atoms with Gasteiger partial charge in [0.15, 0.2) is 5.69 Å². The molecule has 0 atom stereocenters. The van der Waals surface area contributed by atoms with Crippen LogP contribution in [0.3, 0.4) is 0 Å². The second-order valence-electron chi connectivity index (χ2n) is 5.98. The van der Waals surface area contributed by atoms with E-state index >= 15 is 0 Å². The first-order valence-corrected chi connectivity index (χ1v) is 9.82. The minimum Gasteiger partial charge on any atom is -0.476 e. The number of nitrogens with one attached hydrogen (secondary N) is 1. The van der Waals surface area contributed by atoms with Gasteiger partial charge in [-0.1, -0.05) is 11.6 Å². The number of ether oxygens (including phenoxy) is 1. The molecule has 0 spiro atoms. The summed E-state index contributed by atoms with van der Waals surface area (Å²) in [7, 11) is -2.38. The number of carboxylic acids is 1. The highest BCUT2D eigenvalue weighted by atomic mass is 35.5. The molecule has 0 aliphatic carbocycles. The number of sulfonamides is 1. The van der Waals surface area contributed by atoms with Gasteiger partial charge in [-0.05, 0) is 37.1 Å². The van der Waals surface area contributed by atoms with Gasteiger partial charge in [0.1, 0.15) is 5.69 Å². The van der Waals surface area contributed by atoms with Crippen LogP contribution < -0.4 is 4.72 Å². The quantitative estimate of drug-likeness (QED) is 0.799. The molecule has 26 heavy (non-hydrogen) atoms. The van der Waals surface area contributed by atoms with Gasteiger partial charge in [-0.3, -0.25) is 9.40 Å². The fraction of sp³-hybridized carbons (Fsp3) is 0.375. The third-order valence-electron chi connectivity index (χ3n) is 4.26. The van der Waals surface area contributed by atoms with E-state index in [2.05, 4.69) is 9.82 Å². The molecule has 0 radical (unpaired) electrons. The van der Waals surface area contributed by atoms with Gasteiger partial charge >= 0.3 is 5.97 Å². The molecule has 0 amide bonds. The van der Waals surface area contributed by atoms with Crippen LogP contribution in [0.5, 0.6) is 0 Å². The minimum atomic E-state index is -3.99. The average molecular weight is 400 g/mol. The Bertz CT molecular complexity index is 918. The number of aromatic carboxylic acids is 1. The van der Waals surface area contributed by atoms with Crippen molar-refractivity contribution >= 4 is 33.3 Å². The molecule has 1 aromatic carbocycles. The summed E-state index contributed by atoms with van der Waals surface area (Å²) in [5, 5.41) is 13.9. The van der Waals surface area contributed by atoms with E-state index in [1.807, 2.05) is 0 Å². The van der Waals surface area contributed by atoms with Crippen molar-refractivity contribution in [2.24, 2.45) is 7.05 Å². The van der Waals surface area contributed by atoms with E-state index in [1.54, 1.807) is 7.05 Å². The summed E-state index contributed by atoms with van der Waals surface area (Å²) in [6.07, 6.45) is 1.32. The third-order valence-corrected chi connectivity index (χ3v) is 5.88. The number of aryl methyl sites for hydroxylation is 1. The number of benzene rings is 1. The number of aromatic nitrogens is 2. The van der Waals surface area contributed by atoms with Crippen molar-refractivity contribution in [1.29, 1.82) is 0 Å². The van der Waals surface area contributed by atoms with Crippen LogP contribution in [0.15, 0.2) is 29.2 Å². The molecule has 3 rings (SSSR count). The molecule has 1 aromatic heterocycles. The van der Waals surface area contributed by atoms with Gasteiger partial charge in [0.05, 0.1) is 10.6 Å². The number of nitrogens with zero attached hydrogens (tertiary/aromatic N) is 2. The number of hydrogen-bond acceptors (Lipinski definition) is 5. The maximum absolute atomic E-state index is 12.7. The van der Waals surface area contributed by atoms with E-state index in [1.165, 1.54) is 28.9 Å². The lowest BCUT2D eigenvalue weighted by Crippen LogP contribution is -2.20. The summed E-state index contributed by atoms with van der Waals surface area (Å²) in [5.74, 6) is -1.34. The monoisotopic (exact) mass is 399 g/mol. The van der Waals surface area contributed by atoms with Gasteiger partial charge in [0, 0.05) is 31.2 Å². The summed E-state index contributed by atoms with van der Waals surface area (Å²) in [6, 6.07) is 5.62. The van der Waals surface area contributed by atoms with Crippen molar-refractivity contribution in [3.05, 3.63) is 40.7 Å². The van der Waals surface area contributed by atoms with E-state index < -0.39 is 16.0 Å². The summed E-state index contributed by atoms with van der Waals surface area (Å²) >= 11 is 5.80. The Labute approximate surface area is 155 Å². The zero-order valence-corrected chi connectivity index (χ0v) is 15.5. The van der Waals surface area contributed by atoms with Crippen LogP contribution >= 0.6 is 11.6 Å². The SMILES string of the molecule is Cn1nc(C(=O)O)c(NS(=O)(=O)c2ccc(Cl)cc2)c1C1CCOCC1. The summed E-state index contributed by atoms with van der Waals surface area (Å²) in [6.45, 7) is 1.06. The van der Waals surface area contributed by atoms with Crippen molar-refractivity contribution in [3.63, 3.8) is 0 Å². The minimum absolute atomic E-state index is 0.00171. The van der Waals surface area contributed by atoms with Crippen molar-refractivity contribution in [2.45, 2.75) is 23.7 Å². The Hall–Kier alpha value is -2.10. The molecular formula is C16H18ClN3O5S. The molecule has 2 aromatic rings. The van der Waals surface area contributed by atoms with Crippen LogP contribution in [-0.4, -0.2) is 42.5 Å². The molecule has 0 bridgehead atoms. The Morgan fingerprint density at radius 3 is 2.50 bits per heavy atom. The molecule has 1 fully saturated rings. The van der Waals surface area contributed by atoms with Gasteiger partial charge in [0.25, 0.3) is 10.0 Å². The lowest BCUT2D eigenvalue weighted by atomic mass is 9.95. The molecule has 1 aliphatic rings. The van der Waals surface area contributed by atoms with E-state index in [9.17, 15) is 18.3 Å². The van der Waals surface area contributed by atoms with E-state index in [0.717, 1.165) is 0 Å². The van der Waals surface area contributed by atoms with Crippen LogP contribution in [-0.2, 0) is 21.8 Å². The van der Waals surface area contributed by atoms with Gasteiger partial charge in [-0.25, -0.2) is 13.2 Å². The van der Waals surface area contributed by atoms with Crippen LogP contribution in [0.4, 0.5) is 5.69 Å². The summed E-state index contributed by atoms with van der Waals surface area (Å²) in [4.78, 5) is 11.6. The molecule has 8 nitrogen and oxygen atoms in total. The number of hydrogen-bond donors (Lipinski definition) is 2. The molecule has 0 saturated carbocycles. The fourth-order valence-electron chi connectivity index (χ4n) is 3.03. The predicted molar refractivity (Wildman–Crippen MR) is 95.2 cm³/mol. The molecule has 1 aliphatic heterocycles. The summed E-state index contributed by atoms with van der Waals surface area (Å²) in [5.41, 5.74) is 0.219. The van der Waals surface area contributed by atoms with E-state index in [-0.39, 0.29) is 22.2 Å². The Morgan fingerprint density at radius 1 is 1.31 bits per heavy atom. The van der Waals surface area contributed by atoms with Crippen molar-refractivity contribution in [2.75, 3.05) is 17.9 Å². The number of carbonyl (C=O) groups is 1. The molecule has 10 heteroatoms. The number of anilines is 1. The largest absolute Gasteiger partial charge is 0.476 e. The van der Waals surface area contributed by atoms with Crippen molar-refractivity contribution in [3.8, 4) is 0 Å². The van der Waals surface area contributed by atoms with Crippen LogP contribution in [0, 0.1) is 0 Å². The number of halogens is 1. The maximum atomic E-state index is 12.7. The van der Waals surface area contributed by atoms with Crippen LogP contribution in [0.1, 0.15) is 34.9 Å². The van der Waals surface area contributed by atoms with Crippen LogP contribution in [0.2, 0.25) is 5.02 Å². The Balaban J connectivity index is 2.04. The van der Waals surface area contributed by atoms with Crippen LogP contribution in [0.25, 0.3) is 0 Å². The molecular weight excluding hydrogens is 382 g/mol. The maximum Gasteiger partial charge on any atom is 0.358 e. The lowest BCUT2D eigenvalue weighted by Gasteiger charge is -2.23. The first kappa shape index (κ1) is 18.7. The van der Waals surface area contributed by atoms with Gasteiger partial charge in [-0.15, -0.1) is 0 Å². The molecule has 0 unspecified atom stereocenters. The van der Waals surface area contributed by atoms with Gasteiger partial charge < -0.3 is 9.84 Å². The fourth-order valence-corrected chi connectivity index (χ4v) is 4.24. The molecule has 2 heterocycles. The Kier molecular flexibility index (Phi) is 5.22.